The predicted molar refractivity (Wildman–Crippen MR) is 66.4 cm³/mol. The molecule has 0 N–H and O–H groups in total. The molecule has 1 saturated heterocycles. The Hall–Kier alpha value is -1.29. The van der Waals surface area contributed by atoms with Crippen molar-refractivity contribution in [3.63, 3.8) is 0 Å². The van der Waals surface area contributed by atoms with Crippen LogP contribution in [0.5, 0.6) is 0 Å². The molecule has 0 aromatic heterocycles. The molecule has 0 unspecified atom stereocenters. The molecular formula is C13H21NO3. The van der Waals surface area contributed by atoms with Crippen molar-refractivity contribution in [3.05, 3.63) is 24.5 Å². The van der Waals surface area contributed by atoms with Crippen molar-refractivity contribution in [3.8, 4) is 0 Å². The summed E-state index contributed by atoms with van der Waals surface area (Å²) in [6, 6.07) is -0.285. The van der Waals surface area contributed by atoms with E-state index in [1.165, 1.54) is 7.11 Å². The highest BCUT2D eigenvalue weighted by atomic mass is 16.5. The van der Waals surface area contributed by atoms with Gasteiger partial charge in [0.05, 0.1) is 20.5 Å². The van der Waals surface area contributed by atoms with Crippen molar-refractivity contribution in [1.29, 1.82) is 0 Å². The van der Waals surface area contributed by atoms with Gasteiger partial charge in [-0.15, -0.1) is 6.58 Å². The number of hydrogen-bond acceptors (Lipinski definition) is 4. The minimum atomic E-state index is -0.306. The molecule has 4 heteroatoms. The van der Waals surface area contributed by atoms with Crippen LogP contribution in [0.1, 0.15) is 13.3 Å². The molecule has 1 aliphatic rings. The van der Waals surface area contributed by atoms with Gasteiger partial charge in [0, 0.05) is 12.0 Å². The van der Waals surface area contributed by atoms with Gasteiger partial charge in [-0.3, -0.25) is 9.69 Å². The number of methoxy groups -OCH3 is 2. The summed E-state index contributed by atoms with van der Waals surface area (Å²) in [5, 5.41) is 0. The maximum atomic E-state index is 11.9. The molecule has 0 bridgehead atoms. The Balaban J connectivity index is 3.14. The first-order chi connectivity index (χ1) is 8.01. The third kappa shape index (κ3) is 2.36. The monoisotopic (exact) mass is 239 g/mol. The quantitative estimate of drug-likeness (QED) is 0.424. The van der Waals surface area contributed by atoms with E-state index in [1.54, 1.807) is 13.4 Å². The number of carbonyl (C=O) groups excluding carboxylic acids is 1. The van der Waals surface area contributed by atoms with Crippen LogP contribution in [-0.4, -0.2) is 44.7 Å². The molecule has 1 fully saturated rings. The molecule has 17 heavy (non-hydrogen) atoms. The van der Waals surface area contributed by atoms with E-state index >= 15 is 0 Å². The third-order valence-corrected chi connectivity index (χ3v) is 3.45. The number of hydrogen-bond donors (Lipinski definition) is 0. The summed E-state index contributed by atoms with van der Waals surface area (Å²) < 4.78 is 9.99. The van der Waals surface area contributed by atoms with Crippen LogP contribution >= 0.6 is 0 Å². The van der Waals surface area contributed by atoms with E-state index in [1.807, 2.05) is 24.9 Å². The molecule has 0 aromatic rings. The van der Waals surface area contributed by atoms with Gasteiger partial charge in [0.25, 0.3) is 0 Å². The topological polar surface area (TPSA) is 38.8 Å². The zero-order valence-electron chi connectivity index (χ0n) is 11.0. The van der Waals surface area contributed by atoms with Gasteiger partial charge in [-0.1, -0.05) is 13.0 Å². The Morgan fingerprint density at radius 3 is 2.76 bits per heavy atom. The van der Waals surface area contributed by atoms with Crippen LogP contribution in [0.4, 0.5) is 0 Å². The number of likely N-dealkylation sites (tertiary alicyclic amines) is 1. The summed E-state index contributed by atoms with van der Waals surface area (Å²) in [5.74, 6) is -0.212. The van der Waals surface area contributed by atoms with Gasteiger partial charge in [-0.2, -0.15) is 0 Å². The fourth-order valence-corrected chi connectivity index (χ4v) is 2.61. The van der Waals surface area contributed by atoms with Gasteiger partial charge in [0.15, 0.2) is 0 Å². The molecule has 0 aliphatic carbocycles. The molecule has 1 rings (SSSR count). The smallest absolute Gasteiger partial charge is 0.324 e. The Morgan fingerprint density at radius 2 is 2.29 bits per heavy atom. The highest BCUT2D eigenvalue weighted by Gasteiger charge is 2.50. The number of carbonyl (C=O) groups is 1. The van der Waals surface area contributed by atoms with Gasteiger partial charge in [0.1, 0.15) is 6.04 Å². The lowest BCUT2D eigenvalue weighted by Gasteiger charge is -2.31. The fraction of sp³-hybridized carbons (Fsp3) is 0.615. The third-order valence-electron chi connectivity index (χ3n) is 3.45. The second kappa shape index (κ2) is 5.36. The number of rotatable bonds is 4. The van der Waals surface area contributed by atoms with E-state index in [2.05, 4.69) is 6.58 Å². The first-order valence-electron chi connectivity index (χ1n) is 5.62. The summed E-state index contributed by atoms with van der Waals surface area (Å²) in [5.41, 5.74) is 0.789. The van der Waals surface area contributed by atoms with Gasteiger partial charge < -0.3 is 9.47 Å². The fourth-order valence-electron chi connectivity index (χ4n) is 2.61. The van der Waals surface area contributed by atoms with Crippen molar-refractivity contribution >= 4 is 5.97 Å². The average molecular weight is 239 g/mol. The van der Waals surface area contributed by atoms with E-state index in [0.29, 0.717) is 13.0 Å². The molecule has 0 radical (unpaired) electrons. The van der Waals surface area contributed by atoms with Crippen molar-refractivity contribution in [2.24, 2.45) is 5.41 Å². The molecule has 0 spiro atoms. The SMILES string of the molecule is C=CC[C@]1(C)/C(=C/OC)CN(C)[C@@H]1C(=O)OC. The first-order valence-corrected chi connectivity index (χ1v) is 5.62. The minimum absolute atomic E-state index is 0.212. The van der Waals surface area contributed by atoms with Crippen molar-refractivity contribution in [1.82, 2.24) is 4.90 Å². The standard InChI is InChI=1S/C13H21NO3/c1-6-7-13(2)10(9-16-4)8-14(3)11(13)12(15)17-5/h6,9,11H,1,7-8H2,2-5H3/b10-9+/t11-,13-/m1/s1. The largest absolute Gasteiger partial charge is 0.504 e. The van der Waals surface area contributed by atoms with Gasteiger partial charge in [-0.05, 0) is 19.0 Å². The molecule has 96 valence electrons. The van der Waals surface area contributed by atoms with E-state index < -0.39 is 0 Å². The summed E-state index contributed by atoms with van der Waals surface area (Å²) in [6.45, 7) is 6.52. The number of ether oxygens (including phenoxy) is 2. The Morgan fingerprint density at radius 1 is 1.65 bits per heavy atom. The molecule has 1 heterocycles. The molecule has 1 aliphatic heterocycles. The van der Waals surface area contributed by atoms with Crippen LogP contribution < -0.4 is 0 Å². The lowest BCUT2D eigenvalue weighted by atomic mass is 9.76. The second-order valence-corrected chi connectivity index (χ2v) is 4.63. The summed E-state index contributed by atoms with van der Waals surface area (Å²) in [7, 11) is 4.95. The normalized spacial score (nSPS) is 31.5. The lowest BCUT2D eigenvalue weighted by molar-refractivity contribution is -0.148. The summed E-state index contributed by atoms with van der Waals surface area (Å²) >= 11 is 0. The van der Waals surface area contributed by atoms with Crippen LogP contribution in [0.3, 0.4) is 0 Å². The highest BCUT2D eigenvalue weighted by molar-refractivity contribution is 5.78. The van der Waals surface area contributed by atoms with E-state index in [9.17, 15) is 4.79 Å². The molecule has 2 atom stereocenters. The van der Waals surface area contributed by atoms with Crippen LogP contribution in [-0.2, 0) is 14.3 Å². The van der Waals surface area contributed by atoms with E-state index in [4.69, 9.17) is 9.47 Å². The van der Waals surface area contributed by atoms with E-state index in [-0.39, 0.29) is 17.4 Å². The van der Waals surface area contributed by atoms with Crippen LogP contribution in [0.15, 0.2) is 24.5 Å². The van der Waals surface area contributed by atoms with Crippen LogP contribution in [0.2, 0.25) is 0 Å². The number of esters is 1. The molecule has 4 nitrogen and oxygen atoms in total. The van der Waals surface area contributed by atoms with Gasteiger partial charge in [0.2, 0.25) is 0 Å². The molecular weight excluding hydrogens is 218 g/mol. The maximum Gasteiger partial charge on any atom is 0.324 e. The number of nitrogens with zero attached hydrogens (tertiary/aromatic N) is 1. The zero-order valence-corrected chi connectivity index (χ0v) is 11.0. The Bertz CT molecular complexity index is 338. The number of likely N-dealkylation sites (N-methyl/N-ethyl adjacent to an activating group) is 1. The Labute approximate surface area is 103 Å². The first kappa shape index (κ1) is 13.8. The van der Waals surface area contributed by atoms with Gasteiger partial charge in [-0.25, -0.2) is 0 Å². The van der Waals surface area contributed by atoms with Crippen molar-refractivity contribution < 1.29 is 14.3 Å². The number of allylic oxidation sites excluding steroid dienone is 1. The summed E-state index contributed by atoms with van der Waals surface area (Å²) in [6.07, 6.45) is 4.27. The van der Waals surface area contributed by atoms with Crippen LogP contribution in [0.25, 0.3) is 0 Å². The highest BCUT2D eigenvalue weighted by Crippen LogP contribution is 2.43. The van der Waals surface area contributed by atoms with E-state index in [0.717, 1.165) is 5.57 Å². The zero-order chi connectivity index (χ0) is 13.1. The lowest BCUT2D eigenvalue weighted by Crippen LogP contribution is -2.43. The van der Waals surface area contributed by atoms with Crippen LogP contribution in [0, 0.1) is 5.41 Å². The van der Waals surface area contributed by atoms with Gasteiger partial charge >= 0.3 is 5.97 Å². The molecule has 0 saturated carbocycles. The second-order valence-electron chi connectivity index (χ2n) is 4.63. The average Bonchev–Trinajstić information content (AvgIpc) is 2.51. The van der Waals surface area contributed by atoms with Crippen molar-refractivity contribution in [2.45, 2.75) is 19.4 Å². The molecule has 0 aromatic carbocycles. The molecule has 0 amide bonds. The maximum absolute atomic E-state index is 11.9. The minimum Gasteiger partial charge on any atom is -0.504 e. The summed E-state index contributed by atoms with van der Waals surface area (Å²) in [4.78, 5) is 13.9. The van der Waals surface area contributed by atoms with Crippen molar-refractivity contribution in [2.75, 3.05) is 27.8 Å². The predicted octanol–water partition coefficient (Wildman–Crippen LogP) is 1.59. The Kier molecular flexibility index (Phi) is 4.34.